The fourth-order valence-electron chi connectivity index (χ4n) is 2.36. The first-order valence-corrected chi connectivity index (χ1v) is 10.2. The topological polar surface area (TPSA) is 34.1 Å². The molecule has 0 aliphatic rings. The number of halogens is 17. The number of benzene rings is 1. The van der Waals surface area contributed by atoms with Gasteiger partial charge in [-0.2, -0.15) is 74.6 Å². The van der Waals surface area contributed by atoms with Gasteiger partial charge in [-0.15, -0.1) is 0 Å². The van der Waals surface area contributed by atoms with Gasteiger partial charge in [0, 0.05) is 6.42 Å². The van der Waals surface area contributed by atoms with E-state index in [1.54, 1.807) is 0 Å². The average Bonchev–Trinajstić information content (AvgIpc) is 2.71. The Morgan fingerprint density at radius 1 is 0.500 bits per heavy atom. The van der Waals surface area contributed by atoms with Crippen molar-refractivity contribution < 1.29 is 83.1 Å². The van der Waals surface area contributed by atoms with Crippen LogP contribution in [0.1, 0.15) is 6.42 Å². The molecular formula is C16H9F17O2S. The maximum Gasteiger partial charge on any atom is 0.460 e. The molecule has 0 aliphatic heterocycles. The van der Waals surface area contributed by atoms with E-state index >= 15 is 0 Å². The van der Waals surface area contributed by atoms with Crippen molar-refractivity contribution in [3.05, 3.63) is 30.3 Å². The Morgan fingerprint density at radius 3 is 1.19 bits per heavy atom. The van der Waals surface area contributed by atoms with E-state index in [9.17, 15) is 83.1 Å². The van der Waals surface area contributed by atoms with Crippen molar-refractivity contribution in [2.45, 2.75) is 59.0 Å². The molecular weight excluding hydrogens is 579 g/mol. The molecule has 1 aromatic carbocycles. The number of sulfone groups is 1. The molecule has 0 bridgehead atoms. The van der Waals surface area contributed by atoms with Gasteiger partial charge in [-0.25, -0.2) is 8.42 Å². The van der Waals surface area contributed by atoms with Crippen molar-refractivity contribution in [3.63, 3.8) is 0 Å². The molecule has 0 heterocycles. The van der Waals surface area contributed by atoms with Crippen LogP contribution in [0.15, 0.2) is 35.2 Å². The maximum absolute atomic E-state index is 13.8. The molecule has 0 unspecified atom stereocenters. The van der Waals surface area contributed by atoms with Crippen LogP contribution in [-0.4, -0.2) is 61.8 Å². The Bertz CT molecular complexity index is 1030. The molecule has 0 saturated carbocycles. The van der Waals surface area contributed by atoms with Gasteiger partial charge in [-0.3, -0.25) is 0 Å². The van der Waals surface area contributed by atoms with E-state index in [0.717, 1.165) is 18.2 Å². The first-order valence-electron chi connectivity index (χ1n) is 8.55. The Kier molecular flexibility index (Phi) is 7.81. The van der Waals surface area contributed by atoms with Gasteiger partial charge in [0.05, 0.1) is 10.6 Å². The van der Waals surface area contributed by atoms with Crippen molar-refractivity contribution in [2.75, 3.05) is 5.75 Å². The fourth-order valence-corrected chi connectivity index (χ4v) is 3.69. The largest absolute Gasteiger partial charge is 0.460 e. The minimum Gasteiger partial charge on any atom is -0.224 e. The minimum atomic E-state index is -8.72. The molecule has 0 fully saturated rings. The lowest BCUT2D eigenvalue weighted by Crippen LogP contribution is -2.74. The lowest BCUT2D eigenvalue weighted by atomic mass is 9.88. The molecule has 2 nitrogen and oxygen atoms in total. The van der Waals surface area contributed by atoms with E-state index in [-0.39, 0.29) is 0 Å². The lowest BCUT2D eigenvalue weighted by Gasteiger charge is -2.42. The third-order valence-electron chi connectivity index (χ3n) is 4.57. The van der Waals surface area contributed by atoms with Crippen molar-refractivity contribution >= 4 is 9.84 Å². The van der Waals surface area contributed by atoms with E-state index in [4.69, 9.17) is 0 Å². The van der Waals surface area contributed by atoms with Gasteiger partial charge in [0.15, 0.2) is 9.84 Å². The molecule has 0 atom stereocenters. The molecule has 1 rings (SSSR count). The van der Waals surface area contributed by atoms with Gasteiger partial charge >= 0.3 is 47.6 Å². The summed E-state index contributed by atoms with van der Waals surface area (Å²) in [5.41, 5.74) is 0. The molecule has 20 heteroatoms. The summed E-state index contributed by atoms with van der Waals surface area (Å²) in [5, 5.41) is 0. The van der Waals surface area contributed by atoms with Crippen LogP contribution in [0.2, 0.25) is 0 Å². The molecule has 0 N–H and O–H groups in total. The van der Waals surface area contributed by atoms with E-state index in [1.165, 1.54) is 0 Å². The third kappa shape index (κ3) is 4.57. The minimum absolute atomic E-state index is 0.665. The van der Waals surface area contributed by atoms with Crippen LogP contribution in [0.4, 0.5) is 74.6 Å². The standard InChI is InChI=1S/C16H9F17O2S/c17-9(18,6-7-36(34,35)8-4-2-1-3-5-8)10(19,20)11(21,22)12(23,24)13(25,26)14(27,28)15(29,30)16(31,32)33/h1-5H,6-7H2. The summed E-state index contributed by atoms with van der Waals surface area (Å²) in [5.74, 6) is -59.6. The average molecular weight is 588 g/mol. The molecule has 0 aliphatic carbocycles. The third-order valence-corrected chi connectivity index (χ3v) is 6.31. The SMILES string of the molecule is O=S(=O)(CCC(F)(F)C(F)(F)C(F)(F)C(F)(F)C(F)(F)C(F)(F)C(F)(F)C(F)(F)F)c1ccccc1. The molecule has 0 aromatic heterocycles. The van der Waals surface area contributed by atoms with Crippen molar-refractivity contribution in [2.24, 2.45) is 0 Å². The van der Waals surface area contributed by atoms with Gasteiger partial charge < -0.3 is 0 Å². The molecule has 0 spiro atoms. The second kappa shape index (κ2) is 8.78. The molecule has 36 heavy (non-hydrogen) atoms. The molecule has 0 amide bonds. The predicted molar refractivity (Wildman–Crippen MR) is 83.8 cm³/mol. The number of alkyl halides is 17. The maximum atomic E-state index is 13.8. The number of hydrogen-bond acceptors (Lipinski definition) is 2. The van der Waals surface area contributed by atoms with Gasteiger partial charge in [0.25, 0.3) is 0 Å². The monoisotopic (exact) mass is 588 g/mol. The van der Waals surface area contributed by atoms with E-state index < -0.39 is 74.5 Å². The molecule has 0 saturated heterocycles. The predicted octanol–water partition coefficient (Wildman–Crippen LogP) is 6.86. The number of hydrogen-bond donors (Lipinski definition) is 0. The van der Waals surface area contributed by atoms with Gasteiger partial charge in [0.2, 0.25) is 0 Å². The first kappa shape index (κ1) is 32.0. The summed E-state index contributed by atoms with van der Waals surface area (Å²) < 4.78 is 248. The summed E-state index contributed by atoms with van der Waals surface area (Å²) >= 11 is 0. The Labute approximate surface area is 189 Å². The van der Waals surface area contributed by atoms with Crippen molar-refractivity contribution in [1.29, 1.82) is 0 Å². The highest BCUT2D eigenvalue weighted by atomic mass is 32.2. The van der Waals surface area contributed by atoms with Crippen LogP contribution in [0.5, 0.6) is 0 Å². The highest BCUT2D eigenvalue weighted by Crippen LogP contribution is 2.64. The zero-order valence-electron chi connectivity index (χ0n) is 16.5. The Hall–Kier alpha value is -2.02. The van der Waals surface area contributed by atoms with Crippen LogP contribution >= 0.6 is 0 Å². The van der Waals surface area contributed by atoms with Gasteiger partial charge in [-0.05, 0) is 12.1 Å². The molecule has 0 radical (unpaired) electrons. The van der Waals surface area contributed by atoms with Gasteiger partial charge in [0.1, 0.15) is 0 Å². The van der Waals surface area contributed by atoms with E-state index in [0.29, 0.717) is 12.1 Å². The van der Waals surface area contributed by atoms with Crippen LogP contribution in [0, 0.1) is 0 Å². The summed E-state index contributed by atoms with van der Waals surface area (Å²) in [6.07, 6.45) is -10.9. The highest BCUT2D eigenvalue weighted by molar-refractivity contribution is 7.91. The first-order chi connectivity index (χ1) is 15.6. The van der Waals surface area contributed by atoms with E-state index in [1.807, 2.05) is 0 Å². The van der Waals surface area contributed by atoms with Crippen molar-refractivity contribution in [3.8, 4) is 0 Å². The fraction of sp³-hybridized carbons (Fsp3) is 0.625. The van der Waals surface area contributed by atoms with E-state index in [2.05, 4.69) is 0 Å². The van der Waals surface area contributed by atoms with Gasteiger partial charge in [-0.1, -0.05) is 18.2 Å². The zero-order chi connectivity index (χ0) is 29.0. The summed E-state index contributed by atoms with van der Waals surface area (Å²) in [7, 11) is -5.06. The number of rotatable bonds is 10. The van der Waals surface area contributed by atoms with Crippen LogP contribution in [-0.2, 0) is 9.84 Å². The molecule has 1 aromatic rings. The normalized spacial score (nSPS) is 15.8. The van der Waals surface area contributed by atoms with Crippen LogP contribution < -0.4 is 0 Å². The smallest absolute Gasteiger partial charge is 0.224 e. The quantitative estimate of drug-likeness (QED) is 0.280. The Morgan fingerprint density at radius 2 is 0.833 bits per heavy atom. The van der Waals surface area contributed by atoms with Crippen LogP contribution in [0.3, 0.4) is 0 Å². The zero-order valence-corrected chi connectivity index (χ0v) is 17.3. The van der Waals surface area contributed by atoms with Crippen LogP contribution in [0.25, 0.3) is 0 Å². The summed E-state index contributed by atoms with van der Waals surface area (Å²) in [4.78, 5) is -0.901. The lowest BCUT2D eigenvalue weighted by molar-refractivity contribution is -0.461. The Balaban J connectivity index is 3.49. The molecule has 210 valence electrons. The highest BCUT2D eigenvalue weighted by Gasteiger charge is 2.95. The second-order valence-electron chi connectivity index (χ2n) is 7.03. The summed E-state index contributed by atoms with van der Waals surface area (Å²) in [6, 6.07) is 4.39. The second-order valence-corrected chi connectivity index (χ2v) is 9.14. The van der Waals surface area contributed by atoms with Crippen molar-refractivity contribution in [1.82, 2.24) is 0 Å². The summed E-state index contributed by atoms with van der Waals surface area (Å²) in [6.45, 7) is 0.